The zero-order valence-electron chi connectivity index (χ0n) is 12.8. The lowest BCUT2D eigenvalue weighted by atomic mass is 10.3. The average Bonchev–Trinajstić information content (AvgIpc) is 3.10. The number of hydrazine groups is 1. The Morgan fingerprint density at radius 2 is 1.84 bits per heavy atom. The van der Waals surface area contributed by atoms with Gasteiger partial charge in [-0.25, -0.2) is 17.8 Å². The topological polar surface area (TPSA) is 93.1 Å². The van der Waals surface area contributed by atoms with Crippen molar-refractivity contribution in [1.82, 2.24) is 19.8 Å². The fourth-order valence-corrected chi connectivity index (χ4v) is 3.00. The van der Waals surface area contributed by atoms with Gasteiger partial charge in [0.2, 0.25) is 0 Å². The number of nitrogens with one attached hydrogen (secondary N) is 2. The normalized spacial score (nSPS) is 11.2. The second-order valence-electron chi connectivity index (χ2n) is 5.00. The molecule has 0 aliphatic heterocycles. The van der Waals surface area contributed by atoms with E-state index in [1.165, 1.54) is 29.2 Å². The number of hydrogen-bond acceptors (Lipinski definition) is 4. The molecule has 1 amide bonds. The quantitative estimate of drug-likeness (QED) is 0.677. The third-order valence-electron chi connectivity index (χ3n) is 3.31. The van der Waals surface area contributed by atoms with E-state index < -0.39 is 21.7 Å². The number of halogens is 1. The van der Waals surface area contributed by atoms with Gasteiger partial charge in [0.25, 0.3) is 15.9 Å². The molecule has 0 fully saturated rings. The van der Waals surface area contributed by atoms with E-state index in [1.807, 2.05) is 10.9 Å². The number of benzene rings is 2. The Bertz CT molecular complexity index is 1000. The van der Waals surface area contributed by atoms with Gasteiger partial charge in [0.05, 0.1) is 17.4 Å². The van der Waals surface area contributed by atoms with Gasteiger partial charge >= 0.3 is 0 Å². The molecule has 1 aromatic heterocycles. The number of carbonyl (C=O) groups is 1. The minimum Gasteiger partial charge on any atom is -0.295 e. The summed E-state index contributed by atoms with van der Waals surface area (Å²) in [7, 11) is -4.10. The Morgan fingerprint density at radius 1 is 1.08 bits per heavy atom. The molecule has 9 heteroatoms. The summed E-state index contributed by atoms with van der Waals surface area (Å²) in [6.45, 7) is 0. The summed E-state index contributed by atoms with van der Waals surface area (Å²) in [5.74, 6) is -1.40. The molecule has 1 heterocycles. The number of nitrogens with zero attached hydrogens (tertiary/aromatic N) is 2. The first-order valence-electron chi connectivity index (χ1n) is 7.13. The van der Waals surface area contributed by atoms with Crippen molar-refractivity contribution in [3.05, 3.63) is 78.6 Å². The van der Waals surface area contributed by atoms with Crippen LogP contribution in [0.3, 0.4) is 0 Å². The number of sulfonamides is 1. The highest BCUT2D eigenvalue weighted by Crippen LogP contribution is 2.12. The first-order chi connectivity index (χ1) is 12.0. The Kier molecular flexibility index (Phi) is 4.59. The maximum Gasteiger partial charge on any atom is 0.284 e. The highest BCUT2D eigenvalue weighted by molar-refractivity contribution is 7.89. The van der Waals surface area contributed by atoms with Crippen LogP contribution in [0.25, 0.3) is 5.69 Å². The van der Waals surface area contributed by atoms with E-state index >= 15 is 0 Å². The van der Waals surface area contributed by atoms with Crippen LogP contribution in [0.5, 0.6) is 0 Å². The summed E-state index contributed by atoms with van der Waals surface area (Å²) in [4.78, 5) is 17.8. The molecule has 0 unspecified atom stereocenters. The zero-order chi connectivity index (χ0) is 17.9. The Balaban J connectivity index is 1.77. The van der Waals surface area contributed by atoms with Crippen molar-refractivity contribution in [2.24, 2.45) is 0 Å². The molecule has 3 aromatic rings. The molecule has 0 radical (unpaired) electrons. The van der Waals surface area contributed by atoms with Crippen LogP contribution in [0, 0.1) is 5.82 Å². The summed E-state index contributed by atoms with van der Waals surface area (Å²) in [6, 6.07) is 13.4. The zero-order valence-corrected chi connectivity index (χ0v) is 13.6. The van der Waals surface area contributed by atoms with Crippen LogP contribution >= 0.6 is 0 Å². The average molecular weight is 360 g/mol. The van der Waals surface area contributed by atoms with Crippen LogP contribution in [0.1, 0.15) is 10.5 Å². The first kappa shape index (κ1) is 16.8. The maximum atomic E-state index is 13.2. The minimum atomic E-state index is -4.10. The summed E-state index contributed by atoms with van der Waals surface area (Å²) in [6.07, 6.45) is 2.74. The molecular formula is C16H13FN4O3S. The lowest BCUT2D eigenvalue weighted by molar-refractivity contribution is 0.0938. The molecule has 0 saturated heterocycles. The summed E-state index contributed by atoms with van der Waals surface area (Å²) >= 11 is 0. The Morgan fingerprint density at radius 3 is 2.56 bits per heavy atom. The van der Waals surface area contributed by atoms with E-state index in [1.54, 1.807) is 24.3 Å². The standard InChI is InChI=1S/C16H13FN4O3S/c17-12-5-4-8-14(9-12)25(23,24)20-19-16(22)15-10-18-11-21(15)13-6-2-1-3-7-13/h1-11,20H,(H,19,22). The maximum absolute atomic E-state index is 13.2. The van der Waals surface area contributed by atoms with Gasteiger partial charge in [0.15, 0.2) is 0 Å². The van der Waals surface area contributed by atoms with E-state index in [9.17, 15) is 17.6 Å². The second-order valence-corrected chi connectivity index (χ2v) is 6.68. The molecule has 0 atom stereocenters. The number of rotatable bonds is 5. The van der Waals surface area contributed by atoms with Crippen LogP contribution in [0.15, 0.2) is 72.0 Å². The van der Waals surface area contributed by atoms with Gasteiger partial charge in [-0.1, -0.05) is 24.3 Å². The third-order valence-corrected chi connectivity index (χ3v) is 4.56. The number of amides is 1. The van der Waals surface area contributed by atoms with Crippen molar-refractivity contribution < 1.29 is 17.6 Å². The summed E-state index contributed by atoms with van der Waals surface area (Å²) < 4.78 is 38.9. The molecule has 0 aliphatic rings. The predicted octanol–water partition coefficient (Wildman–Crippen LogP) is 1.63. The lowest BCUT2D eigenvalue weighted by Gasteiger charge is -2.10. The molecule has 0 spiro atoms. The molecule has 2 aromatic carbocycles. The molecule has 0 saturated carbocycles. The van der Waals surface area contributed by atoms with Gasteiger partial charge in [-0.2, -0.15) is 0 Å². The van der Waals surface area contributed by atoms with Crippen LogP contribution in [0.2, 0.25) is 0 Å². The predicted molar refractivity (Wildman–Crippen MR) is 87.8 cm³/mol. The van der Waals surface area contributed by atoms with Gasteiger partial charge < -0.3 is 0 Å². The molecule has 2 N–H and O–H groups in total. The Hall–Kier alpha value is -3.04. The number of carbonyl (C=O) groups excluding carboxylic acids is 1. The van der Waals surface area contributed by atoms with Crippen LogP contribution in [0.4, 0.5) is 4.39 Å². The van der Waals surface area contributed by atoms with Crippen molar-refractivity contribution in [3.8, 4) is 5.69 Å². The monoisotopic (exact) mass is 360 g/mol. The van der Waals surface area contributed by atoms with Crippen LogP contribution in [-0.4, -0.2) is 23.9 Å². The molecule has 0 bridgehead atoms. The number of hydrogen-bond donors (Lipinski definition) is 2. The highest BCUT2D eigenvalue weighted by Gasteiger charge is 2.18. The highest BCUT2D eigenvalue weighted by atomic mass is 32.2. The van der Waals surface area contributed by atoms with Crippen molar-refractivity contribution in [1.29, 1.82) is 0 Å². The van der Waals surface area contributed by atoms with Gasteiger partial charge in [-0.3, -0.25) is 14.8 Å². The molecular weight excluding hydrogens is 347 g/mol. The summed E-state index contributed by atoms with van der Waals surface area (Å²) in [5, 5.41) is 0. The molecule has 25 heavy (non-hydrogen) atoms. The van der Waals surface area contributed by atoms with Crippen LogP contribution < -0.4 is 10.3 Å². The van der Waals surface area contributed by atoms with Crippen molar-refractivity contribution in [2.75, 3.05) is 0 Å². The third kappa shape index (κ3) is 3.73. The van der Waals surface area contributed by atoms with Crippen molar-refractivity contribution in [3.63, 3.8) is 0 Å². The van der Waals surface area contributed by atoms with E-state index in [0.717, 1.165) is 12.1 Å². The second kappa shape index (κ2) is 6.83. The first-order valence-corrected chi connectivity index (χ1v) is 8.61. The van der Waals surface area contributed by atoms with Gasteiger partial charge in [0.1, 0.15) is 11.5 Å². The molecule has 7 nitrogen and oxygen atoms in total. The van der Waals surface area contributed by atoms with Crippen molar-refractivity contribution in [2.45, 2.75) is 4.90 Å². The Labute approximate surface area is 143 Å². The van der Waals surface area contributed by atoms with Crippen LogP contribution in [-0.2, 0) is 10.0 Å². The summed E-state index contributed by atoms with van der Waals surface area (Å²) in [5.41, 5.74) is 2.92. The number of para-hydroxylation sites is 1. The number of imidazole rings is 1. The van der Waals surface area contributed by atoms with Gasteiger partial charge in [-0.05, 0) is 30.3 Å². The lowest BCUT2D eigenvalue weighted by Crippen LogP contribution is -2.42. The van der Waals surface area contributed by atoms with E-state index in [0.29, 0.717) is 5.69 Å². The van der Waals surface area contributed by atoms with E-state index in [2.05, 4.69) is 10.4 Å². The SMILES string of the molecule is O=C(NNS(=O)(=O)c1cccc(F)c1)c1cncn1-c1ccccc1. The largest absolute Gasteiger partial charge is 0.295 e. The van der Waals surface area contributed by atoms with E-state index in [-0.39, 0.29) is 10.6 Å². The van der Waals surface area contributed by atoms with E-state index in [4.69, 9.17) is 0 Å². The van der Waals surface area contributed by atoms with Gasteiger partial charge in [0, 0.05) is 5.69 Å². The molecule has 3 rings (SSSR count). The smallest absolute Gasteiger partial charge is 0.284 e. The van der Waals surface area contributed by atoms with Gasteiger partial charge in [-0.15, -0.1) is 4.83 Å². The molecule has 128 valence electrons. The fourth-order valence-electron chi connectivity index (χ4n) is 2.13. The molecule has 0 aliphatic carbocycles. The fraction of sp³-hybridized carbons (Fsp3) is 0. The van der Waals surface area contributed by atoms with Crippen molar-refractivity contribution >= 4 is 15.9 Å². The minimum absolute atomic E-state index is 0.133. The number of aromatic nitrogens is 2.